The number of nitrogens with one attached hydrogen (secondary N) is 1. The van der Waals surface area contributed by atoms with Gasteiger partial charge in [0.15, 0.2) is 0 Å². The Hall–Kier alpha value is -3.04. The number of rotatable bonds is 9. The molecular weight excluding hydrogens is 537 g/mol. The van der Waals surface area contributed by atoms with Gasteiger partial charge in [0.2, 0.25) is 5.91 Å². The van der Waals surface area contributed by atoms with Crippen LogP contribution in [0.15, 0.2) is 34.3 Å². The van der Waals surface area contributed by atoms with Crippen LogP contribution in [0.1, 0.15) is 55.7 Å². The summed E-state index contributed by atoms with van der Waals surface area (Å²) in [6.45, 7) is 4.95. The van der Waals surface area contributed by atoms with Crippen molar-refractivity contribution in [2.45, 2.75) is 51.5 Å². The third-order valence-corrected chi connectivity index (χ3v) is 9.21. The van der Waals surface area contributed by atoms with Crippen molar-refractivity contribution in [1.82, 2.24) is 15.1 Å². The fourth-order valence-corrected chi connectivity index (χ4v) is 7.18. The fourth-order valence-electron chi connectivity index (χ4n) is 5.67. The molecule has 4 rings (SSSR count). The van der Waals surface area contributed by atoms with E-state index in [2.05, 4.69) is 15.0 Å². The zero-order valence-corrected chi connectivity index (χ0v) is 24.1. The number of fused-ring (bicyclic) bond motifs is 1. The minimum atomic E-state index is -2.67. The van der Waals surface area contributed by atoms with E-state index in [0.29, 0.717) is 43.7 Å². The maximum absolute atomic E-state index is 14.3. The molecule has 0 saturated carbocycles. The van der Waals surface area contributed by atoms with E-state index >= 15 is 0 Å². The normalized spacial score (nSPS) is 19.8. The molecule has 3 heterocycles. The van der Waals surface area contributed by atoms with Gasteiger partial charge in [0.1, 0.15) is 0 Å². The number of nitrogens with zero attached hydrogens (tertiary/aromatic N) is 4. The number of likely N-dealkylation sites (tertiary alicyclic amines) is 1. The highest BCUT2D eigenvalue weighted by molar-refractivity contribution is 7.45. The molecule has 0 spiro atoms. The Morgan fingerprint density at radius 2 is 1.98 bits per heavy atom. The minimum absolute atomic E-state index is 0.0192. The summed E-state index contributed by atoms with van der Waals surface area (Å²) in [5.41, 5.74) is 9.50. The van der Waals surface area contributed by atoms with Gasteiger partial charge in [-0.3, -0.25) is 19.5 Å². The number of anilines is 1. The van der Waals surface area contributed by atoms with Crippen molar-refractivity contribution in [2.24, 2.45) is 10.7 Å². The number of alkyl halides is 2. The molecule has 3 aliphatic rings. The Morgan fingerprint density at radius 3 is 2.60 bits per heavy atom. The lowest BCUT2D eigenvalue weighted by molar-refractivity contribution is -0.138. The van der Waals surface area contributed by atoms with Crippen LogP contribution in [0.3, 0.4) is 0 Å². The number of carbonyl (C=O) groups excluding carboxylic acids is 1. The number of carbonyl (C=O) groups is 2. The Labute approximate surface area is 236 Å². The van der Waals surface area contributed by atoms with Gasteiger partial charge >= 0.3 is 5.97 Å². The molecule has 1 unspecified atom stereocenters. The SMILES string of the molecule is CN=CC(=CN)c1cc2c(cc1C(F)F)N(PC1=C(NC3CCN(CC(=O)O)CC3)CCN(C(C)=O)C1)CCC2. The van der Waals surface area contributed by atoms with E-state index < -0.39 is 12.4 Å². The topological polar surface area (TPSA) is 114 Å². The Morgan fingerprint density at radius 1 is 1.23 bits per heavy atom. The molecule has 1 amide bonds. The number of hydrogen-bond donors (Lipinski definition) is 3. The molecule has 1 fully saturated rings. The molecule has 9 nitrogen and oxygen atoms in total. The highest BCUT2D eigenvalue weighted by Crippen LogP contribution is 2.44. The average Bonchev–Trinajstić information content (AvgIpc) is 2.92. The van der Waals surface area contributed by atoms with Crippen LogP contribution in [0.25, 0.3) is 5.57 Å². The number of carboxylic acids is 1. The van der Waals surface area contributed by atoms with Gasteiger partial charge < -0.3 is 25.7 Å². The van der Waals surface area contributed by atoms with Crippen LogP contribution in [-0.2, 0) is 16.0 Å². The second kappa shape index (κ2) is 13.5. The molecular formula is C28H39F2N6O3P. The van der Waals surface area contributed by atoms with Gasteiger partial charge in [0.25, 0.3) is 6.43 Å². The van der Waals surface area contributed by atoms with Crippen LogP contribution < -0.4 is 15.7 Å². The predicted octanol–water partition coefficient (Wildman–Crippen LogP) is 3.57. The van der Waals surface area contributed by atoms with E-state index in [1.807, 2.05) is 15.9 Å². The summed E-state index contributed by atoms with van der Waals surface area (Å²) in [6, 6.07) is 3.66. The molecule has 40 heavy (non-hydrogen) atoms. The van der Waals surface area contributed by atoms with Gasteiger partial charge in [-0.15, -0.1) is 0 Å². The molecule has 4 N–H and O–H groups in total. The molecule has 0 aliphatic carbocycles. The predicted molar refractivity (Wildman–Crippen MR) is 156 cm³/mol. The van der Waals surface area contributed by atoms with E-state index in [0.717, 1.165) is 54.5 Å². The molecule has 0 radical (unpaired) electrons. The summed E-state index contributed by atoms with van der Waals surface area (Å²) in [6.07, 6.45) is 4.22. The number of carboxylic acid groups (broad SMARTS) is 1. The number of halogens is 2. The smallest absolute Gasteiger partial charge is 0.317 e. The largest absolute Gasteiger partial charge is 0.480 e. The second-order valence-electron chi connectivity index (χ2n) is 10.5. The summed E-state index contributed by atoms with van der Waals surface area (Å²) < 4.78 is 30.7. The summed E-state index contributed by atoms with van der Waals surface area (Å²) in [7, 11) is 1.79. The molecule has 0 aromatic heterocycles. The van der Waals surface area contributed by atoms with Gasteiger partial charge in [-0.05, 0) is 48.9 Å². The van der Waals surface area contributed by atoms with Crippen molar-refractivity contribution < 1.29 is 23.5 Å². The van der Waals surface area contributed by atoms with Crippen LogP contribution in [-0.4, -0.2) is 85.4 Å². The lowest BCUT2D eigenvalue weighted by Crippen LogP contribution is -2.45. The standard InChI is InChI=1S/C28H39F2N6O3P/c1-18(37)35-11-7-24(33-21-5-9-34(10-6-21)17-27(38)39)26(16-35)40-36-8-3-4-19-12-22(20(14-31)15-32-2)23(28(29)30)13-25(19)36/h12-15,21,28,33,40H,3-11,16-17,31H2,1-2H3,(H,38,39). The summed E-state index contributed by atoms with van der Waals surface area (Å²) in [4.78, 5) is 31.1. The van der Waals surface area contributed by atoms with E-state index in [-0.39, 0.29) is 32.8 Å². The lowest BCUT2D eigenvalue weighted by Gasteiger charge is -2.38. The molecule has 12 heteroatoms. The van der Waals surface area contributed by atoms with Crippen LogP contribution in [0.5, 0.6) is 0 Å². The quantitative estimate of drug-likeness (QED) is 0.304. The number of amides is 1. The first-order valence-corrected chi connectivity index (χ1v) is 14.7. The van der Waals surface area contributed by atoms with E-state index in [1.54, 1.807) is 20.0 Å². The first-order chi connectivity index (χ1) is 19.2. The van der Waals surface area contributed by atoms with Crippen LogP contribution in [0.4, 0.5) is 14.5 Å². The Bertz CT molecular complexity index is 1200. The zero-order valence-electron chi connectivity index (χ0n) is 23.1. The van der Waals surface area contributed by atoms with Crippen molar-refractivity contribution in [3.05, 3.63) is 46.0 Å². The average molecular weight is 577 g/mol. The fraction of sp³-hybridized carbons (Fsp3) is 0.536. The van der Waals surface area contributed by atoms with Gasteiger partial charge in [0, 0.05) is 108 Å². The maximum Gasteiger partial charge on any atom is 0.317 e. The summed E-state index contributed by atoms with van der Waals surface area (Å²) in [5, 5.41) is 13.9. The second-order valence-corrected chi connectivity index (χ2v) is 11.8. The van der Waals surface area contributed by atoms with Gasteiger partial charge in [0.05, 0.1) is 6.54 Å². The number of allylic oxidation sites excluding steroid dienone is 1. The summed E-state index contributed by atoms with van der Waals surface area (Å²) in [5.74, 6) is -0.794. The third-order valence-electron chi connectivity index (χ3n) is 7.75. The first-order valence-electron chi connectivity index (χ1n) is 13.7. The lowest BCUT2D eigenvalue weighted by atomic mass is 9.93. The molecule has 1 aromatic rings. The Kier molecular flexibility index (Phi) is 10.1. The van der Waals surface area contributed by atoms with Gasteiger partial charge in [-0.2, -0.15) is 0 Å². The number of aliphatic imine (C=N–C) groups is 1. The number of hydrogen-bond acceptors (Lipinski definition) is 7. The number of nitrogens with two attached hydrogens (primary N) is 1. The Balaban J connectivity index is 1.60. The van der Waals surface area contributed by atoms with E-state index in [1.165, 1.54) is 12.4 Å². The summed E-state index contributed by atoms with van der Waals surface area (Å²) >= 11 is 0. The van der Waals surface area contributed by atoms with E-state index in [9.17, 15) is 18.4 Å². The van der Waals surface area contributed by atoms with Crippen molar-refractivity contribution in [3.63, 3.8) is 0 Å². The molecule has 1 aromatic carbocycles. The van der Waals surface area contributed by atoms with Crippen molar-refractivity contribution in [3.8, 4) is 0 Å². The monoisotopic (exact) mass is 576 g/mol. The van der Waals surface area contributed by atoms with Crippen LogP contribution in [0, 0.1) is 0 Å². The van der Waals surface area contributed by atoms with Gasteiger partial charge in [-0.25, -0.2) is 8.78 Å². The molecule has 3 aliphatic heterocycles. The number of aryl methyl sites for hydroxylation is 1. The van der Waals surface area contributed by atoms with Crippen LogP contribution >= 0.6 is 8.73 Å². The maximum atomic E-state index is 14.3. The van der Waals surface area contributed by atoms with Crippen molar-refractivity contribution >= 4 is 38.1 Å². The molecule has 218 valence electrons. The molecule has 1 atom stereocenters. The first kappa shape index (κ1) is 29.9. The van der Waals surface area contributed by atoms with Gasteiger partial charge in [-0.1, -0.05) is 0 Å². The van der Waals surface area contributed by atoms with Crippen molar-refractivity contribution in [1.29, 1.82) is 0 Å². The van der Waals surface area contributed by atoms with E-state index in [4.69, 9.17) is 10.8 Å². The third kappa shape index (κ3) is 7.18. The number of benzene rings is 1. The zero-order chi connectivity index (χ0) is 28.8. The highest BCUT2D eigenvalue weighted by atomic mass is 31.1. The number of aliphatic carboxylic acids is 1. The van der Waals surface area contributed by atoms with Crippen LogP contribution in [0.2, 0.25) is 0 Å². The highest BCUT2D eigenvalue weighted by Gasteiger charge is 2.29. The molecule has 0 bridgehead atoms. The molecule has 1 saturated heterocycles. The van der Waals surface area contributed by atoms with Crippen molar-refractivity contribution in [2.75, 3.05) is 51.0 Å². The number of piperidine rings is 1. The minimum Gasteiger partial charge on any atom is -0.480 e.